The van der Waals surface area contributed by atoms with Gasteiger partial charge in [-0.1, -0.05) is 13.8 Å². The molecule has 0 aromatic rings. The van der Waals surface area contributed by atoms with E-state index in [1.807, 2.05) is 51.8 Å². The number of carbonyl (C=O) groups excluding carboxylic acids is 3. The molecule has 270 valence electrons. The third kappa shape index (κ3) is 8.22. The van der Waals surface area contributed by atoms with Crippen molar-refractivity contribution in [1.29, 1.82) is 0 Å². The lowest BCUT2D eigenvalue weighted by Gasteiger charge is -2.48. The minimum atomic E-state index is -1.46. The summed E-state index contributed by atoms with van der Waals surface area (Å²) in [6.45, 7) is 14.8. The average molecular weight is 667 g/mol. The van der Waals surface area contributed by atoms with Gasteiger partial charge in [-0.15, -0.1) is 0 Å². The van der Waals surface area contributed by atoms with Gasteiger partial charge in [0.2, 0.25) is 5.91 Å². The second-order valence-corrected chi connectivity index (χ2v) is 16.1. The maximum atomic E-state index is 14.2. The van der Waals surface area contributed by atoms with Crippen LogP contribution >= 0.6 is 0 Å². The first kappa shape index (κ1) is 38.1. The maximum absolute atomic E-state index is 14.2. The number of esters is 1. The van der Waals surface area contributed by atoms with Crippen LogP contribution in [0.4, 0.5) is 0 Å². The molecule has 1 N–H and O–H groups in total. The molecule has 0 aromatic carbocycles. The molecule has 4 aliphatic rings. The van der Waals surface area contributed by atoms with Crippen LogP contribution < -0.4 is 0 Å². The summed E-state index contributed by atoms with van der Waals surface area (Å²) in [5.41, 5.74) is -2.41. The molecule has 4 fully saturated rings. The third-order valence-electron chi connectivity index (χ3n) is 11.4. The highest BCUT2D eigenvalue weighted by molar-refractivity contribution is 6.04. The molecule has 1 unspecified atom stereocenters. The van der Waals surface area contributed by atoms with Crippen LogP contribution in [0.5, 0.6) is 0 Å². The molecule has 4 saturated heterocycles. The van der Waals surface area contributed by atoms with Crippen molar-refractivity contribution < 1.29 is 38.4 Å². The molecule has 0 aromatic heterocycles. The zero-order valence-corrected chi connectivity index (χ0v) is 30.7. The fourth-order valence-corrected chi connectivity index (χ4v) is 8.39. The van der Waals surface area contributed by atoms with E-state index in [9.17, 15) is 19.5 Å². The van der Waals surface area contributed by atoms with Crippen molar-refractivity contribution in [3.8, 4) is 0 Å². The van der Waals surface area contributed by atoms with Crippen molar-refractivity contribution in [2.75, 3.05) is 74.6 Å². The van der Waals surface area contributed by atoms with E-state index in [2.05, 4.69) is 16.7 Å². The summed E-state index contributed by atoms with van der Waals surface area (Å²) >= 11 is 0. The molecule has 0 saturated carbocycles. The number of likely N-dealkylation sites (N-methyl/N-ethyl adjacent to an activating group) is 2. The zero-order chi connectivity index (χ0) is 35.0. The maximum Gasteiger partial charge on any atom is 0.319 e. The van der Waals surface area contributed by atoms with Gasteiger partial charge in [0.05, 0.1) is 23.7 Å². The van der Waals surface area contributed by atoms with Crippen LogP contribution in [0.25, 0.3) is 0 Å². The van der Waals surface area contributed by atoms with Crippen molar-refractivity contribution in [3.05, 3.63) is 0 Å². The van der Waals surface area contributed by atoms with E-state index in [0.29, 0.717) is 32.5 Å². The second-order valence-electron chi connectivity index (χ2n) is 16.1. The fraction of sp³-hybridized carbons (Fsp3) is 0.914. The van der Waals surface area contributed by atoms with Crippen LogP contribution in [0.2, 0.25) is 0 Å². The molecule has 4 aliphatic heterocycles. The zero-order valence-electron chi connectivity index (χ0n) is 30.7. The number of methoxy groups -OCH3 is 1. The minimum absolute atomic E-state index is 0.0457. The van der Waals surface area contributed by atoms with Crippen molar-refractivity contribution >= 4 is 17.7 Å². The highest BCUT2D eigenvalue weighted by Gasteiger charge is 2.52. The summed E-state index contributed by atoms with van der Waals surface area (Å²) in [6, 6.07) is -0.302. The molecule has 0 bridgehead atoms. The van der Waals surface area contributed by atoms with Gasteiger partial charge in [0, 0.05) is 57.2 Å². The normalized spacial score (nSPS) is 40.4. The topological polar surface area (TPSA) is 121 Å². The van der Waals surface area contributed by atoms with Crippen LogP contribution in [0, 0.1) is 29.1 Å². The number of Topliss-reactive ketones (excluding diaryl/α,β-unsaturated/α-hetero) is 1. The lowest BCUT2D eigenvalue weighted by Crippen LogP contribution is -2.60. The Morgan fingerprint density at radius 2 is 1.70 bits per heavy atom. The lowest BCUT2D eigenvalue weighted by atomic mass is 9.74. The summed E-state index contributed by atoms with van der Waals surface area (Å²) in [7, 11) is 9.54. The monoisotopic (exact) mass is 666 g/mol. The SMILES string of the molecule is CO[C@]1(C)C[C@@H](C)CN(C)C(C2CN(C(=O)[C@@H]3CCN(C)C3)C2)COC(=O)C(C)(C)C(=O)[C@H](C)[C@H]1O[C@@H]1O[C@H](C)C[C@H](N(C)C)[C@H]1O. The molecule has 10 atom stereocenters. The Morgan fingerprint density at radius 3 is 2.28 bits per heavy atom. The number of ether oxygens (including phenoxy) is 4. The number of amides is 1. The van der Waals surface area contributed by atoms with Gasteiger partial charge in [-0.3, -0.25) is 19.3 Å². The number of carbonyl (C=O) groups is 3. The standard InChI is InChI=1S/C35H62N4O8/c1-21-15-35(6,44-11)30(47-32-28(40)26(36(7)8)14-22(2)46-32)23(3)29(41)34(4,5)33(43)45-20-27(38(10)16-21)25-18-39(19-25)31(42)24-12-13-37(9)17-24/h21-28,30,32,40H,12-20H2,1-11H3/t21-,22-,23+,24-,26+,27?,28-,30-,32+,35-/m1/s1. The molecule has 0 radical (unpaired) electrons. The van der Waals surface area contributed by atoms with E-state index in [1.165, 1.54) is 0 Å². The Bertz CT molecular complexity index is 1120. The molecule has 12 heteroatoms. The molecule has 1 amide bonds. The Hall–Kier alpha value is -1.67. The van der Waals surface area contributed by atoms with Gasteiger partial charge in [0.15, 0.2) is 12.1 Å². The van der Waals surface area contributed by atoms with Crippen LogP contribution in [-0.2, 0) is 33.3 Å². The average Bonchev–Trinajstić information content (AvgIpc) is 3.42. The highest BCUT2D eigenvalue weighted by Crippen LogP contribution is 2.39. The Labute approximate surface area is 282 Å². The largest absolute Gasteiger partial charge is 0.463 e. The van der Waals surface area contributed by atoms with E-state index in [0.717, 1.165) is 19.5 Å². The molecule has 0 aliphatic carbocycles. The van der Waals surface area contributed by atoms with Gasteiger partial charge in [0.25, 0.3) is 0 Å². The predicted molar refractivity (Wildman–Crippen MR) is 178 cm³/mol. The molecule has 4 rings (SSSR count). The van der Waals surface area contributed by atoms with Crippen LogP contribution in [0.15, 0.2) is 0 Å². The number of aliphatic hydroxyl groups excluding tert-OH is 1. The van der Waals surface area contributed by atoms with Gasteiger partial charge in [-0.05, 0) is 87.6 Å². The quantitative estimate of drug-likeness (QED) is 0.330. The van der Waals surface area contributed by atoms with Crippen molar-refractivity contribution in [3.63, 3.8) is 0 Å². The van der Waals surface area contributed by atoms with E-state index in [-0.39, 0.29) is 54.2 Å². The molecule has 12 nitrogen and oxygen atoms in total. The number of ketones is 1. The molecule has 4 heterocycles. The second kappa shape index (κ2) is 15.1. The fourth-order valence-electron chi connectivity index (χ4n) is 8.39. The molecule has 47 heavy (non-hydrogen) atoms. The number of aliphatic hydroxyl groups is 1. The summed E-state index contributed by atoms with van der Waals surface area (Å²) in [5.74, 6) is -1.19. The van der Waals surface area contributed by atoms with E-state index in [4.69, 9.17) is 18.9 Å². The van der Waals surface area contributed by atoms with Crippen molar-refractivity contribution in [2.45, 2.75) is 103 Å². The number of hydrogen-bond donors (Lipinski definition) is 1. The number of rotatable bonds is 6. The van der Waals surface area contributed by atoms with E-state index >= 15 is 0 Å². The van der Waals surface area contributed by atoms with Crippen molar-refractivity contribution in [2.24, 2.45) is 29.1 Å². The Kier molecular flexibility index (Phi) is 12.2. The molecule has 0 spiro atoms. The third-order valence-corrected chi connectivity index (χ3v) is 11.4. The Morgan fingerprint density at radius 1 is 1.04 bits per heavy atom. The Balaban J connectivity index is 1.58. The van der Waals surface area contributed by atoms with Gasteiger partial charge in [-0.2, -0.15) is 0 Å². The number of likely N-dealkylation sites (tertiary alicyclic amines) is 2. The first-order valence-corrected chi connectivity index (χ1v) is 17.5. The van der Waals surface area contributed by atoms with Crippen LogP contribution in [-0.4, -0.2) is 159 Å². The van der Waals surface area contributed by atoms with Gasteiger partial charge < -0.3 is 38.8 Å². The number of cyclic esters (lactones) is 1. The number of hydrogen-bond acceptors (Lipinski definition) is 11. The van der Waals surface area contributed by atoms with Gasteiger partial charge in [-0.25, -0.2) is 0 Å². The predicted octanol–water partition coefficient (Wildman–Crippen LogP) is 1.73. The van der Waals surface area contributed by atoms with E-state index in [1.54, 1.807) is 27.9 Å². The highest BCUT2D eigenvalue weighted by atomic mass is 16.7. The van der Waals surface area contributed by atoms with Crippen LogP contribution in [0.1, 0.15) is 60.8 Å². The summed E-state index contributed by atoms with van der Waals surface area (Å²) in [4.78, 5) is 49.4. The van der Waals surface area contributed by atoms with E-state index < -0.39 is 41.4 Å². The van der Waals surface area contributed by atoms with Gasteiger partial charge in [0.1, 0.15) is 18.1 Å². The first-order valence-electron chi connectivity index (χ1n) is 17.5. The summed E-state index contributed by atoms with van der Waals surface area (Å²) < 4.78 is 25.0. The van der Waals surface area contributed by atoms with Crippen LogP contribution in [0.3, 0.4) is 0 Å². The first-order chi connectivity index (χ1) is 21.9. The van der Waals surface area contributed by atoms with Gasteiger partial charge >= 0.3 is 5.97 Å². The molecular weight excluding hydrogens is 604 g/mol. The summed E-state index contributed by atoms with van der Waals surface area (Å²) in [6.07, 6.45) is -0.840. The smallest absolute Gasteiger partial charge is 0.319 e. The van der Waals surface area contributed by atoms with Crippen molar-refractivity contribution in [1.82, 2.24) is 19.6 Å². The number of nitrogens with zero attached hydrogens (tertiary/aromatic N) is 4. The molecular formula is C35H62N4O8. The minimum Gasteiger partial charge on any atom is -0.463 e. The lowest BCUT2D eigenvalue weighted by molar-refractivity contribution is -0.295. The summed E-state index contributed by atoms with van der Waals surface area (Å²) in [5, 5.41) is 11.3.